The topological polar surface area (TPSA) is 55.4 Å². The van der Waals surface area contributed by atoms with Gasteiger partial charge in [0.1, 0.15) is 0 Å². The Morgan fingerprint density at radius 1 is 0.967 bits per heavy atom. The van der Waals surface area contributed by atoms with Crippen molar-refractivity contribution in [2.75, 3.05) is 0 Å². The largest absolute Gasteiger partial charge is 0.436 e. The minimum atomic E-state index is -1.30. The van der Waals surface area contributed by atoms with Gasteiger partial charge in [0, 0.05) is 12.8 Å². The molecule has 1 aliphatic carbocycles. The van der Waals surface area contributed by atoms with Crippen molar-refractivity contribution in [2.24, 2.45) is 5.41 Å². The van der Waals surface area contributed by atoms with Gasteiger partial charge in [0.05, 0.1) is 12.5 Å². The van der Waals surface area contributed by atoms with Gasteiger partial charge in [0.25, 0.3) is 0 Å². The maximum Gasteiger partial charge on any atom is 0.308 e. The number of hydrogen-bond donors (Lipinski definition) is 1. The van der Waals surface area contributed by atoms with E-state index < -0.39 is 5.72 Å². The molecule has 1 saturated carbocycles. The molecule has 160 valence electrons. The predicted molar refractivity (Wildman–Crippen MR) is 119 cm³/mol. The van der Waals surface area contributed by atoms with Gasteiger partial charge in [-0.3, -0.25) is 14.9 Å². The van der Waals surface area contributed by atoms with Crippen LogP contribution >= 0.6 is 0 Å². The highest BCUT2D eigenvalue weighted by Gasteiger charge is 2.44. The molecule has 1 N–H and O–H groups in total. The van der Waals surface area contributed by atoms with Crippen molar-refractivity contribution in [3.63, 3.8) is 0 Å². The highest BCUT2D eigenvalue weighted by molar-refractivity contribution is 5.89. The third-order valence-corrected chi connectivity index (χ3v) is 5.49. The average molecular weight is 408 g/mol. The van der Waals surface area contributed by atoms with Crippen LogP contribution in [0.3, 0.4) is 0 Å². The summed E-state index contributed by atoms with van der Waals surface area (Å²) in [5, 5.41) is 3.52. The first-order valence-corrected chi connectivity index (χ1v) is 10.9. The molecule has 0 saturated heterocycles. The van der Waals surface area contributed by atoms with Crippen molar-refractivity contribution in [2.45, 2.75) is 71.1 Å². The van der Waals surface area contributed by atoms with Gasteiger partial charge >= 0.3 is 5.97 Å². The summed E-state index contributed by atoms with van der Waals surface area (Å²) in [5.41, 5.74) is 0.568. The van der Waals surface area contributed by atoms with Crippen LogP contribution in [0.1, 0.15) is 76.5 Å². The number of hydrogen-bond acceptors (Lipinski definition) is 4. The van der Waals surface area contributed by atoms with Crippen molar-refractivity contribution in [3.8, 4) is 0 Å². The van der Waals surface area contributed by atoms with Gasteiger partial charge in [-0.1, -0.05) is 87.9 Å². The minimum Gasteiger partial charge on any atom is -0.436 e. The van der Waals surface area contributed by atoms with Gasteiger partial charge < -0.3 is 4.74 Å². The van der Waals surface area contributed by atoms with Crippen LogP contribution in [0.4, 0.5) is 0 Å². The molecule has 0 amide bonds. The Hall–Kier alpha value is -2.46. The molecule has 0 aliphatic heterocycles. The van der Waals surface area contributed by atoms with Crippen LogP contribution in [0.25, 0.3) is 0 Å². The zero-order valence-corrected chi connectivity index (χ0v) is 18.3. The molecule has 30 heavy (non-hydrogen) atoms. The first-order chi connectivity index (χ1) is 14.3. The molecule has 0 spiro atoms. The van der Waals surface area contributed by atoms with Crippen LogP contribution in [0.5, 0.6) is 0 Å². The Morgan fingerprint density at radius 2 is 1.53 bits per heavy atom. The second-order valence-electron chi connectivity index (χ2n) is 9.42. The maximum atomic E-state index is 13.3. The van der Waals surface area contributed by atoms with E-state index in [0.29, 0.717) is 12.8 Å². The lowest BCUT2D eigenvalue weighted by atomic mass is 9.91. The zero-order valence-electron chi connectivity index (χ0n) is 18.3. The SMILES string of the molecule is CC(C)(C)CC(=O)OC1(NC(c2ccccc2)c2ccccc2)CCCCCC1=O. The van der Waals surface area contributed by atoms with Crippen molar-refractivity contribution < 1.29 is 14.3 Å². The Morgan fingerprint density at radius 3 is 2.07 bits per heavy atom. The van der Waals surface area contributed by atoms with E-state index >= 15 is 0 Å². The fraction of sp³-hybridized carbons (Fsp3) is 0.462. The third kappa shape index (κ3) is 5.79. The maximum absolute atomic E-state index is 13.3. The smallest absolute Gasteiger partial charge is 0.308 e. The highest BCUT2D eigenvalue weighted by Crippen LogP contribution is 2.33. The molecule has 1 aliphatic rings. The molecule has 0 radical (unpaired) electrons. The van der Waals surface area contributed by atoms with E-state index in [1.807, 2.05) is 81.4 Å². The molecule has 4 nitrogen and oxygen atoms in total. The molecule has 1 fully saturated rings. The zero-order chi connectivity index (χ0) is 21.6. The molecule has 0 heterocycles. The molecule has 0 aromatic heterocycles. The number of esters is 1. The van der Waals surface area contributed by atoms with E-state index in [4.69, 9.17) is 4.74 Å². The number of carbonyl (C=O) groups excluding carboxylic acids is 2. The van der Waals surface area contributed by atoms with Gasteiger partial charge in [-0.15, -0.1) is 0 Å². The Labute approximate surface area is 180 Å². The fourth-order valence-corrected chi connectivity index (χ4v) is 4.01. The standard InChI is InChI=1S/C26H33NO3/c1-25(2,3)19-23(29)30-26(18-12-6-11-17-22(26)28)27-24(20-13-7-4-8-14-20)21-15-9-5-10-16-21/h4-5,7-10,13-16,24,27H,6,11-12,17-19H2,1-3H3. The molecule has 1 atom stereocenters. The summed E-state index contributed by atoms with van der Waals surface area (Å²) in [6.07, 6.45) is 3.83. The molecular formula is C26H33NO3. The number of ether oxygens (including phenoxy) is 1. The number of benzene rings is 2. The lowest BCUT2D eigenvalue weighted by Gasteiger charge is -2.37. The Bertz CT molecular complexity index is 802. The fourth-order valence-electron chi connectivity index (χ4n) is 4.01. The quantitative estimate of drug-likeness (QED) is 0.386. The molecule has 1 unspecified atom stereocenters. The highest BCUT2D eigenvalue weighted by atomic mass is 16.6. The summed E-state index contributed by atoms with van der Waals surface area (Å²) in [5.74, 6) is -0.357. The van der Waals surface area contributed by atoms with Gasteiger partial charge in [-0.05, 0) is 29.4 Å². The van der Waals surface area contributed by atoms with Crippen LogP contribution in [-0.2, 0) is 14.3 Å². The van der Waals surface area contributed by atoms with Crippen molar-refractivity contribution in [1.82, 2.24) is 5.32 Å². The van der Waals surface area contributed by atoms with Crippen LogP contribution in [0.15, 0.2) is 60.7 Å². The number of nitrogens with one attached hydrogen (secondary N) is 1. The van der Waals surface area contributed by atoms with Crippen LogP contribution in [-0.4, -0.2) is 17.5 Å². The summed E-state index contributed by atoms with van der Waals surface area (Å²) in [6.45, 7) is 6.00. The van der Waals surface area contributed by atoms with Gasteiger partial charge in [0.2, 0.25) is 5.72 Å². The van der Waals surface area contributed by atoms with Crippen LogP contribution in [0.2, 0.25) is 0 Å². The number of ketones is 1. The van der Waals surface area contributed by atoms with Crippen molar-refractivity contribution in [3.05, 3.63) is 71.8 Å². The number of carbonyl (C=O) groups is 2. The lowest BCUT2D eigenvalue weighted by molar-refractivity contribution is -0.175. The molecular weight excluding hydrogens is 374 g/mol. The van der Waals surface area contributed by atoms with E-state index in [-0.39, 0.29) is 29.6 Å². The normalized spacial score (nSPS) is 20.1. The van der Waals surface area contributed by atoms with E-state index in [0.717, 1.165) is 30.4 Å². The average Bonchev–Trinajstić information content (AvgIpc) is 2.88. The van der Waals surface area contributed by atoms with E-state index in [9.17, 15) is 9.59 Å². The summed E-state index contributed by atoms with van der Waals surface area (Å²) in [4.78, 5) is 26.1. The minimum absolute atomic E-state index is 0.0286. The van der Waals surface area contributed by atoms with E-state index in [1.54, 1.807) is 0 Å². The van der Waals surface area contributed by atoms with E-state index in [1.165, 1.54) is 0 Å². The molecule has 3 rings (SSSR count). The van der Waals surface area contributed by atoms with Crippen molar-refractivity contribution >= 4 is 11.8 Å². The predicted octanol–water partition coefficient (Wildman–Crippen LogP) is 5.57. The van der Waals surface area contributed by atoms with Crippen LogP contribution < -0.4 is 5.32 Å². The van der Waals surface area contributed by atoms with Gasteiger partial charge in [-0.25, -0.2) is 0 Å². The summed E-state index contributed by atoms with van der Waals surface area (Å²) < 4.78 is 6.02. The monoisotopic (exact) mass is 407 g/mol. The van der Waals surface area contributed by atoms with E-state index in [2.05, 4.69) is 5.32 Å². The molecule has 0 bridgehead atoms. The first kappa shape index (κ1) is 22.2. The summed E-state index contributed by atoms with van der Waals surface area (Å²) in [6, 6.07) is 19.8. The molecule has 4 heteroatoms. The van der Waals surface area contributed by atoms with Gasteiger partial charge in [0.15, 0.2) is 5.78 Å². The second-order valence-corrected chi connectivity index (χ2v) is 9.42. The molecule has 2 aromatic rings. The summed E-state index contributed by atoms with van der Waals surface area (Å²) in [7, 11) is 0. The van der Waals surface area contributed by atoms with Gasteiger partial charge in [-0.2, -0.15) is 0 Å². The number of rotatable bonds is 6. The van der Waals surface area contributed by atoms with Crippen LogP contribution in [0, 0.1) is 5.41 Å². The second kappa shape index (κ2) is 9.57. The molecule has 2 aromatic carbocycles. The third-order valence-electron chi connectivity index (χ3n) is 5.49. The Kier molecular flexibility index (Phi) is 7.09. The van der Waals surface area contributed by atoms with Crippen molar-refractivity contribution in [1.29, 1.82) is 0 Å². The number of Topliss-reactive ketones (excluding diaryl/α,β-unsaturated/α-hetero) is 1. The summed E-state index contributed by atoms with van der Waals surface area (Å²) >= 11 is 0. The first-order valence-electron chi connectivity index (χ1n) is 10.9. The lowest BCUT2D eigenvalue weighted by Crippen LogP contribution is -2.56. The Balaban J connectivity index is 1.98.